The van der Waals surface area contributed by atoms with Crippen LogP contribution in [-0.2, 0) is 0 Å². The summed E-state index contributed by atoms with van der Waals surface area (Å²) in [4.78, 5) is 0. The number of hydrogen-bond acceptors (Lipinski definition) is 1. The summed E-state index contributed by atoms with van der Waals surface area (Å²) in [6.07, 6.45) is 1.83. The Morgan fingerprint density at radius 1 is 1.31 bits per heavy atom. The zero-order valence-electron chi connectivity index (χ0n) is 9.54. The second-order valence-corrected chi connectivity index (χ2v) is 5.07. The number of rotatable bonds is 4. The molecule has 0 saturated heterocycles. The molecule has 0 saturated carbocycles. The van der Waals surface area contributed by atoms with Crippen LogP contribution in [0.5, 0.6) is 0 Å². The lowest BCUT2D eigenvalue weighted by molar-refractivity contribution is 0.489. The fourth-order valence-corrected chi connectivity index (χ4v) is 2.16. The van der Waals surface area contributed by atoms with Gasteiger partial charge in [0, 0.05) is 16.1 Å². The van der Waals surface area contributed by atoms with Crippen LogP contribution in [0, 0.1) is 11.7 Å². The topological polar surface area (TPSA) is 26.0 Å². The molecule has 0 aliphatic rings. The fraction of sp³-hybridized carbons (Fsp3) is 0.500. The summed E-state index contributed by atoms with van der Waals surface area (Å²) in [6.45, 7) is 4.28. The molecule has 0 aromatic heterocycles. The van der Waals surface area contributed by atoms with Crippen molar-refractivity contribution >= 4 is 28.3 Å². The summed E-state index contributed by atoms with van der Waals surface area (Å²) in [6, 6.07) is 4.74. The van der Waals surface area contributed by atoms with E-state index >= 15 is 0 Å². The van der Waals surface area contributed by atoms with Gasteiger partial charge in [-0.05, 0) is 30.9 Å². The van der Waals surface area contributed by atoms with Gasteiger partial charge in [0.1, 0.15) is 5.82 Å². The minimum absolute atomic E-state index is 0. The lowest BCUT2D eigenvalue weighted by Crippen LogP contribution is -2.13. The van der Waals surface area contributed by atoms with Crippen molar-refractivity contribution in [1.82, 2.24) is 0 Å². The quantitative estimate of drug-likeness (QED) is 0.874. The first kappa shape index (κ1) is 15.9. The molecule has 0 fully saturated rings. The summed E-state index contributed by atoms with van der Waals surface area (Å²) >= 11 is 3.33. The Morgan fingerprint density at radius 2 is 1.94 bits per heavy atom. The van der Waals surface area contributed by atoms with E-state index in [1.165, 1.54) is 6.07 Å². The molecule has 16 heavy (non-hydrogen) atoms. The fourth-order valence-electron chi connectivity index (χ4n) is 1.52. The third kappa shape index (κ3) is 4.40. The standard InChI is InChI=1S/C12H17BrFN.ClH/c1-8(2)6-7-11(15)12-9(13)4-3-5-10(12)14;/h3-5,8,11H,6-7,15H2,1-2H3;1H/t11-;/m1./s1. The molecule has 0 bridgehead atoms. The Labute approximate surface area is 111 Å². The van der Waals surface area contributed by atoms with Gasteiger partial charge < -0.3 is 5.73 Å². The van der Waals surface area contributed by atoms with Crippen molar-refractivity contribution in [1.29, 1.82) is 0 Å². The highest BCUT2D eigenvalue weighted by atomic mass is 79.9. The van der Waals surface area contributed by atoms with E-state index in [2.05, 4.69) is 29.8 Å². The highest BCUT2D eigenvalue weighted by molar-refractivity contribution is 9.10. The highest BCUT2D eigenvalue weighted by Gasteiger charge is 2.14. The molecule has 1 rings (SSSR count). The lowest BCUT2D eigenvalue weighted by Gasteiger charge is -2.15. The first-order chi connectivity index (χ1) is 7.02. The molecule has 0 spiro atoms. The van der Waals surface area contributed by atoms with Gasteiger partial charge in [-0.25, -0.2) is 4.39 Å². The summed E-state index contributed by atoms with van der Waals surface area (Å²) in [5, 5.41) is 0. The molecule has 0 heterocycles. The van der Waals surface area contributed by atoms with Crippen LogP contribution in [0.3, 0.4) is 0 Å². The van der Waals surface area contributed by atoms with Crippen LogP contribution in [0.15, 0.2) is 22.7 Å². The predicted molar refractivity (Wildman–Crippen MR) is 72.3 cm³/mol. The Hall–Kier alpha value is -0.120. The zero-order valence-corrected chi connectivity index (χ0v) is 11.9. The van der Waals surface area contributed by atoms with Crippen LogP contribution in [0.25, 0.3) is 0 Å². The second-order valence-electron chi connectivity index (χ2n) is 4.21. The summed E-state index contributed by atoms with van der Waals surface area (Å²) in [5.74, 6) is 0.377. The third-order valence-electron chi connectivity index (χ3n) is 2.43. The summed E-state index contributed by atoms with van der Waals surface area (Å²) < 4.78 is 14.3. The minimum atomic E-state index is -0.222. The molecule has 4 heteroatoms. The molecule has 0 aliphatic heterocycles. The van der Waals surface area contributed by atoms with Crippen LogP contribution in [-0.4, -0.2) is 0 Å². The van der Waals surface area contributed by atoms with Crippen molar-refractivity contribution in [2.24, 2.45) is 11.7 Å². The van der Waals surface area contributed by atoms with Crippen LogP contribution in [0.2, 0.25) is 0 Å². The van der Waals surface area contributed by atoms with Gasteiger partial charge in [0.2, 0.25) is 0 Å². The second kappa shape index (κ2) is 7.25. The smallest absolute Gasteiger partial charge is 0.129 e. The molecular formula is C12H18BrClFN. The van der Waals surface area contributed by atoms with Crippen LogP contribution in [0.1, 0.15) is 38.3 Å². The zero-order chi connectivity index (χ0) is 11.4. The Balaban J connectivity index is 0.00000225. The van der Waals surface area contributed by atoms with Crippen molar-refractivity contribution in [3.05, 3.63) is 34.1 Å². The van der Waals surface area contributed by atoms with E-state index in [0.29, 0.717) is 11.5 Å². The first-order valence-corrected chi connectivity index (χ1v) is 6.01. The molecule has 0 aliphatic carbocycles. The van der Waals surface area contributed by atoms with Crippen molar-refractivity contribution in [3.8, 4) is 0 Å². The van der Waals surface area contributed by atoms with Crippen molar-refractivity contribution < 1.29 is 4.39 Å². The minimum Gasteiger partial charge on any atom is -0.324 e. The summed E-state index contributed by atoms with van der Waals surface area (Å²) in [5.41, 5.74) is 6.57. The van der Waals surface area contributed by atoms with E-state index in [0.717, 1.165) is 17.3 Å². The van der Waals surface area contributed by atoms with E-state index in [4.69, 9.17) is 5.73 Å². The largest absolute Gasteiger partial charge is 0.324 e. The molecular weight excluding hydrogens is 292 g/mol. The molecule has 0 radical (unpaired) electrons. The van der Waals surface area contributed by atoms with E-state index < -0.39 is 0 Å². The van der Waals surface area contributed by atoms with Gasteiger partial charge in [0.15, 0.2) is 0 Å². The van der Waals surface area contributed by atoms with Gasteiger partial charge in [-0.1, -0.05) is 35.8 Å². The number of nitrogens with two attached hydrogens (primary N) is 1. The first-order valence-electron chi connectivity index (χ1n) is 5.22. The molecule has 92 valence electrons. The lowest BCUT2D eigenvalue weighted by atomic mass is 9.98. The maximum atomic E-state index is 13.5. The van der Waals surface area contributed by atoms with Gasteiger partial charge in [0.05, 0.1) is 0 Å². The number of hydrogen-bond donors (Lipinski definition) is 1. The van der Waals surface area contributed by atoms with E-state index in [1.54, 1.807) is 6.07 Å². The molecule has 1 aromatic carbocycles. The van der Waals surface area contributed by atoms with Crippen molar-refractivity contribution in [3.63, 3.8) is 0 Å². The average Bonchev–Trinajstić information content (AvgIpc) is 2.14. The maximum absolute atomic E-state index is 13.5. The molecule has 1 nitrogen and oxygen atoms in total. The molecule has 1 aromatic rings. The van der Waals surface area contributed by atoms with Gasteiger partial charge >= 0.3 is 0 Å². The van der Waals surface area contributed by atoms with Gasteiger partial charge in [-0.2, -0.15) is 0 Å². The van der Waals surface area contributed by atoms with Crippen molar-refractivity contribution in [2.45, 2.75) is 32.7 Å². The van der Waals surface area contributed by atoms with Crippen LogP contribution in [0.4, 0.5) is 4.39 Å². The van der Waals surface area contributed by atoms with E-state index in [1.807, 2.05) is 6.07 Å². The van der Waals surface area contributed by atoms with Crippen molar-refractivity contribution in [2.75, 3.05) is 0 Å². The highest BCUT2D eigenvalue weighted by Crippen LogP contribution is 2.28. The third-order valence-corrected chi connectivity index (χ3v) is 3.12. The maximum Gasteiger partial charge on any atom is 0.129 e. The van der Waals surface area contributed by atoms with E-state index in [-0.39, 0.29) is 24.3 Å². The average molecular weight is 311 g/mol. The molecule has 1 atom stereocenters. The monoisotopic (exact) mass is 309 g/mol. The van der Waals surface area contributed by atoms with Gasteiger partial charge in [0.25, 0.3) is 0 Å². The molecule has 2 N–H and O–H groups in total. The molecule has 0 amide bonds. The predicted octanol–water partition coefficient (Wildman–Crippen LogP) is 4.45. The molecule has 0 unspecified atom stereocenters. The summed E-state index contributed by atoms with van der Waals surface area (Å²) in [7, 11) is 0. The van der Waals surface area contributed by atoms with Crippen LogP contribution >= 0.6 is 28.3 Å². The Bertz CT molecular complexity index is 311. The van der Waals surface area contributed by atoms with Gasteiger partial charge in [-0.15, -0.1) is 12.4 Å². The normalized spacial score (nSPS) is 12.4. The van der Waals surface area contributed by atoms with E-state index in [9.17, 15) is 4.39 Å². The number of halogens is 3. The SMILES string of the molecule is CC(C)CC[C@@H](N)c1c(F)cccc1Br.Cl. The Morgan fingerprint density at radius 3 is 2.44 bits per heavy atom. The Kier molecular flexibility index (Phi) is 7.20. The van der Waals surface area contributed by atoms with Gasteiger partial charge in [-0.3, -0.25) is 0 Å². The van der Waals surface area contributed by atoms with Crippen LogP contribution < -0.4 is 5.73 Å². The number of benzene rings is 1.